The van der Waals surface area contributed by atoms with Crippen molar-refractivity contribution in [2.24, 2.45) is 0 Å². The third-order valence-electron chi connectivity index (χ3n) is 5.17. The van der Waals surface area contributed by atoms with Crippen LogP contribution >= 0.6 is 11.6 Å². The summed E-state index contributed by atoms with van der Waals surface area (Å²) in [7, 11) is 0. The molecule has 0 aliphatic rings. The van der Waals surface area contributed by atoms with Crippen LogP contribution < -0.4 is 10.9 Å². The van der Waals surface area contributed by atoms with Crippen molar-refractivity contribution in [2.45, 2.75) is 0 Å². The van der Waals surface area contributed by atoms with E-state index in [-0.39, 0.29) is 5.91 Å². The molecule has 0 aliphatic carbocycles. The zero-order valence-corrected chi connectivity index (χ0v) is 17.0. The highest BCUT2D eigenvalue weighted by Gasteiger charge is 2.13. The standard InChI is InChI=1S/C26H16ClNO3/c27-23-15-20(28-25(29)19-10-9-16-5-1-2-6-17(16)13-19)11-12-21(23)22-14-18-7-3-4-8-24(18)31-26(22)30/h1-15H,(H,28,29). The Hall–Kier alpha value is -3.89. The first-order valence-electron chi connectivity index (χ1n) is 9.71. The zero-order valence-electron chi connectivity index (χ0n) is 16.3. The fraction of sp³-hybridized carbons (Fsp3) is 0. The molecule has 1 heterocycles. The number of amides is 1. The summed E-state index contributed by atoms with van der Waals surface area (Å²) in [6.07, 6.45) is 0. The summed E-state index contributed by atoms with van der Waals surface area (Å²) in [5.41, 5.74) is 2.06. The normalized spacial score (nSPS) is 11.0. The van der Waals surface area contributed by atoms with Crippen LogP contribution in [-0.4, -0.2) is 5.91 Å². The molecule has 4 nitrogen and oxygen atoms in total. The van der Waals surface area contributed by atoms with Gasteiger partial charge in [-0.3, -0.25) is 4.79 Å². The summed E-state index contributed by atoms with van der Waals surface area (Å²) in [6.45, 7) is 0. The zero-order chi connectivity index (χ0) is 21.4. The molecule has 0 atom stereocenters. The fourth-order valence-corrected chi connectivity index (χ4v) is 3.88. The van der Waals surface area contributed by atoms with Crippen LogP contribution in [0.5, 0.6) is 0 Å². The molecule has 5 rings (SSSR count). The number of carbonyl (C=O) groups excluding carboxylic acids is 1. The molecule has 0 saturated carbocycles. The van der Waals surface area contributed by atoms with Gasteiger partial charge in [0.1, 0.15) is 5.58 Å². The predicted octanol–water partition coefficient (Wildman–Crippen LogP) is 6.52. The number of rotatable bonds is 3. The van der Waals surface area contributed by atoms with Crippen molar-refractivity contribution in [1.82, 2.24) is 0 Å². The summed E-state index contributed by atoms with van der Waals surface area (Å²) in [4.78, 5) is 25.2. The van der Waals surface area contributed by atoms with E-state index in [1.54, 1.807) is 36.4 Å². The molecule has 31 heavy (non-hydrogen) atoms. The van der Waals surface area contributed by atoms with Gasteiger partial charge in [0.2, 0.25) is 0 Å². The SMILES string of the molecule is O=C(Nc1ccc(-c2cc3ccccc3oc2=O)c(Cl)c1)c1ccc2ccccc2c1. The Morgan fingerprint density at radius 2 is 1.48 bits per heavy atom. The third kappa shape index (κ3) is 3.69. The summed E-state index contributed by atoms with van der Waals surface area (Å²) in [5, 5.41) is 6.08. The second-order valence-corrected chi connectivity index (χ2v) is 7.60. The number of anilines is 1. The number of fused-ring (bicyclic) bond motifs is 2. The van der Waals surface area contributed by atoms with Crippen LogP contribution in [0.1, 0.15) is 10.4 Å². The number of benzene rings is 4. The van der Waals surface area contributed by atoms with E-state index >= 15 is 0 Å². The molecule has 0 saturated heterocycles. The fourth-order valence-electron chi connectivity index (χ4n) is 3.59. The van der Waals surface area contributed by atoms with Crippen LogP contribution in [0.3, 0.4) is 0 Å². The molecule has 5 heteroatoms. The Kier molecular flexibility index (Phi) is 4.77. The highest BCUT2D eigenvalue weighted by molar-refractivity contribution is 6.33. The Bertz CT molecular complexity index is 1520. The maximum Gasteiger partial charge on any atom is 0.344 e. The lowest BCUT2D eigenvalue weighted by molar-refractivity contribution is 0.102. The lowest BCUT2D eigenvalue weighted by Crippen LogP contribution is -2.12. The van der Waals surface area contributed by atoms with Gasteiger partial charge in [-0.05, 0) is 47.2 Å². The molecule has 1 N–H and O–H groups in total. The molecule has 4 aromatic carbocycles. The first-order valence-corrected chi connectivity index (χ1v) is 10.1. The highest BCUT2D eigenvalue weighted by atomic mass is 35.5. The van der Waals surface area contributed by atoms with E-state index in [9.17, 15) is 9.59 Å². The van der Waals surface area contributed by atoms with Crippen LogP contribution in [0.15, 0.2) is 100 Å². The highest BCUT2D eigenvalue weighted by Crippen LogP contribution is 2.30. The molecule has 0 fully saturated rings. The summed E-state index contributed by atoms with van der Waals surface area (Å²) in [6, 6.07) is 27.5. The van der Waals surface area contributed by atoms with E-state index in [2.05, 4.69) is 5.32 Å². The first kappa shape index (κ1) is 19.1. The minimum Gasteiger partial charge on any atom is -0.422 e. The average Bonchev–Trinajstić information content (AvgIpc) is 2.78. The van der Waals surface area contributed by atoms with Crippen molar-refractivity contribution in [3.63, 3.8) is 0 Å². The minimum absolute atomic E-state index is 0.236. The van der Waals surface area contributed by atoms with Crippen molar-refractivity contribution in [3.8, 4) is 11.1 Å². The van der Waals surface area contributed by atoms with E-state index in [0.29, 0.717) is 33.0 Å². The van der Waals surface area contributed by atoms with E-state index in [1.807, 2.05) is 54.6 Å². The van der Waals surface area contributed by atoms with E-state index in [0.717, 1.165) is 16.2 Å². The molecule has 1 amide bonds. The lowest BCUT2D eigenvalue weighted by atomic mass is 10.0. The van der Waals surface area contributed by atoms with Gasteiger partial charge in [-0.15, -0.1) is 0 Å². The predicted molar refractivity (Wildman–Crippen MR) is 125 cm³/mol. The van der Waals surface area contributed by atoms with Gasteiger partial charge in [0, 0.05) is 22.2 Å². The lowest BCUT2D eigenvalue weighted by Gasteiger charge is -2.10. The molecule has 0 aliphatic heterocycles. The maximum absolute atomic E-state index is 12.7. The van der Waals surface area contributed by atoms with Crippen molar-refractivity contribution in [2.75, 3.05) is 5.32 Å². The Morgan fingerprint density at radius 1 is 0.742 bits per heavy atom. The van der Waals surface area contributed by atoms with Crippen LogP contribution in [0, 0.1) is 0 Å². The number of hydrogen-bond donors (Lipinski definition) is 1. The minimum atomic E-state index is -0.464. The van der Waals surface area contributed by atoms with E-state index in [1.165, 1.54) is 0 Å². The van der Waals surface area contributed by atoms with Crippen molar-refractivity contribution in [1.29, 1.82) is 0 Å². The van der Waals surface area contributed by atoms with Gasteiger partial charge in [-0.2, -0.15) is 0 Å². The van der Waals surface area contributed by atoms with Gasteiger partial charge in [-0.25, -0.2) is 4.79 Å². The monoisotopic (exact) mass is 425 g/mol. The van der Waals surface area contributed by atoms with Gasteiger partial charge < -0.3 is 9.73 Å². The smallest absolute Gasteiger partial charge is 0.344 e. The molecule has 0 radical (unpaired) electrons. The molecule has 150 valence electrons. The van der Waals surface area contributed by atoms with Crippen LogP contribution in [0.4, 0.5) is 5.69 Å². The molecule has 0 bridgehead atoms. The van der Waals surface area contributed by atoms with Crippen LogP contribution in [0.25, 0.3) is 32.9 Å². The molecule has 1 aromatic heterocycles. The Morgan fingerprint density at radius 3 is 2.29 bits per heavy atom. The number of para-hydroxylation sites is 1. The number of nitrogens with one attached hydrogen (secondary N) is 1. The van der Waals surface area contributed by atoms with Gasteiger partial charge in [-0.1, -0.05) is 66.2 Å². The summed E-state index contributed by atoms with van der Waals surface area (Å²) < 4.78 is 5.41. The third-order valence-corrected chi connectivity index (χ3v) is 5.48. The van der Waals surface area contributed by atoms with Crippen molar-refractivity contribution in [3.05, 3.63) is 112 Å². The number of hydrogen-bond acceptors (Lipinski definition) is 3. The number of halogens is 1. The van der Waals surface area contributed by atoms with Crippen LogP contribution in [0.2, 0.25) is 5.02 Å². The Balaban J connectivity index is 1.44. The van der Waals surface area contributed by atoms with Gasteiger partial charge in [0.25, 0.3) is 5.91 Å². The van der Waals surface area contributed by atoms with Gasteiger partial charge >= 0.3 is 5.63 Å². The second kappa shape index (κ2) is 7.74. The molecule has 5 aromatic rings. The van der Waals surface area contributed by atoms with Crippen molar-refractivity contribution >= 4 is 44.9 Å². The molecular formula is C26H16ClNO3. The van der Waals surface area contributed by atoms with Gasteiger partial charge in [0.05, 0.1) is 10.6 Å². The molecule has 0 unspecified atom stereocenters. The largest absolute Gasteiger partial charge is 0.422 e. The topological polar surface area (TPSA) is 59.3 Å². The van der Waals surface area contributed by atoms with E-state index < -0.39 is 5.63 Å². The quantitative estimate of drug-likeness (QED) is 0.335. The summed E-state index contributed by atoms with van der Waals surface area (Å²) >= 11 is 6.46. The Labute approximate surface area is 182 Å². The van der Waals surface area contributed by atoms with E-state index in [4.69, 9.17) is 16.0 Å². The second-order valence-electron chi connectivity index (χ2n) is 7.20. The summed E-state index contributed by atoms with van der Waals surface area (Å²) in [5.74, 6) is -0.236. The van der Waals surface area contributed by atoms with Crippen molar-refractivity contribution < 1.29 is 9.21 Å². The van der Waals surface area contributed by atoms with Gasteiger partial charge in [0.15, 0.2) is 0 Å². The average molecular weight is 426 g/mol. The number of carbonyl (C=O) groups is 1. The molecule has 0 spiro atoms. The molecular weight excluding hydrogens is 410 g/mol. The van der Waals surface area contributed by atoms with Crippen LogP contribution in [-0.2, 0) is 0 Å². The maximum atomic E-state index is 12.7. The first-order chi connectivity index (χ1) is 15.1.